The van der Waals surface area contributed by atoms with E-state index < -0.39 is 10.0 Å². The van der Waals surface area contributed by atoms with Crippen LogP contribution in [0.2, 0.25) is 5.02 Å². The summed E-state index contributed by atoms with van der Waals surface area (Å²) in [5, 5.41) is 0.346. The predicted molar refractivity (Wildman–Crippen MR) is 102 cm³/mol. The molecule has 4 nitrogen and oxygen atoms in total. The minimum Gasteiger partial charge on any atom is -0.495 e. The summed E-state index contributed by atoms with van der Waals surface area (Å²) < 4.78 is 33.4. The van der Waals surface area contributed by atoms with Gasteiger partial charge in [-0.3, -0.25) is 0 Å². The summed E-state index contributed by atoms with van der Waals surface area (Å²) in [6.45, 7) is 6.07. The van der Waals surface area contributed by atoms with Crippen molar-refractivity contribution in [3.05, 3.63) is 59.1 Å². The van der Waals surface area contributed by atoms with Crippen molar-refractivity contribution < 1.29 is 13.2 Å². The van der Waals surface area contributed by atoms with Gasteiger partial charge in [0.2, 0.25) is 10.0 Å². The molecule has 6 heteroatoms. The quantitative estimate of drug-likeness (QED) is 0.774. The van der Waals surface area contributed by atoms with Crippen LogP contribution in [0.3, 0.4) is 0 Å². The van der Waals surface area contributed by atoms with Crippen LogP contribution >= 0.6 is 11.6 Å². The number of nitrogens with one attached hydrogen (secondary N) is 1. The van der Waals surface area contributed by atoms with Crippen molar-refractivity contribution in [1.29, 1.82) is 0 Å². The van der Waals surface area contributed by atoms with Crippen molar-refractivity contribution in [1.82, 2.24) is 4.72 Å². The van der Waals surface area contributed by atoms with Gasteiger partial charge < -0.3 is 4.74 Å². The number of halogens is 1. The van der Waals surface area contributed by atoms with Crippen LogP contribution in [0.5, 0.6) is 5.75 Å². The van der Waals surface area contributed by atoms with Gasteiger partial charge in [0.1, 0.15) is 10.6 Å². The zero-order valence-electron chi connectivity index (χ0n) is 14.9. The lowest BCUT2D eigenvalue weighted by Crippen LogP contribution is -2.37. The largest absolute Gasteiger partial charge is 0.495 e. The minimum atomic E-state index is -3.74. The van der Waals surface area contributed by atoms with E-state index in [1.54, 1.807) is 12.1 Å². The third kappa shape index (κ3) is 4.97. The molecule has 25 heavy (non-hydrogen) atoms. The van der Waals surface area contributed by atoms with Gasteiger partial charge in [-0.05, 0) is 42.5 Å². The summed E-state index contributed by atoms with van der Waals surface area (Å²) in [5.74, 6) is 0.270. The normalized spacial score (nSPS) is 13.5. The van der Waals surface area contributed by atoms with Crippen molar-refractivity contribution in [2.24, 2.45) is 0 Å². The van der Waals surface area contributed by atoms with Gasteiger partial charge in [-0.1, -0.05) is 55.8 Å². The maximum absolute atomic E-state index is 12.7. The van der Waals surface area contributed by atoms with Crippen molar-refractivity contribution in [3.63, 3.8) is 0 Å². The molecule has 2 aromatic rings. The molecule has 0 saturated carbocycles. The number of rotatable bonds is 7. The van der Waals surface area contributed by atoms with Gasteiger partial charge in [-0.2, -0.15) is 0 Å². The average Bonchev–Trinajstić information content (AvgIpc) is 2.54. The highest BCUT2D eigenvalue weighted by Crippen LogP contribution is 2.30. The summed E-state index contributed by atoms with van der Waals surface area (Å²) in [6, 6.07) is 14.4. The third-order valence-electron chi connectivity index (χ3n) is 4.14. The van der Waals surface area contributed by atoms with E-state index in [4.69, 9.17) is 16.3 Å². The fourth-order valence-electron chi connectivity index (χ4n) is 3.00. The molecular formula is C19H24ClNO3S. The first-order chi connectivity index (χ1) is 11.7. The molecule has 136 valence electrons. The fourth-order valence-corrected chi connectivity index (χ4v) is 4.68. The number of methoxy groups -OCH3 is 1. The molecule has 0 saturated heterocycles. The van der Waals surface area contributed by atoms with Gasteiger partial charge in [-0.25, -0.2) is 13.1 Å². The molecule has 0 heterocycles. The lowest BCUT2D eigenvalue weighted by Gasteiger charge is -2.29. The van der Waals surface area contributed by atoms with Crippen molar-refractivity contribution >= 4 is 21.6 Å². The zero-order valence-corrected chi connectivity index (χ0v) is 16.5. The average molecular weight is 382 g/mol. The highest BCUT2D eigenvalue weighted by Gasteiger charge is 2.27. The van der Waals surface area contributed by atoms with Gasteiger partial charge in [0.05, 0.1) is 7.11 Å². The molecule has 0 radical (unpaired) electrons. The lowest BCUT2D eigenvalue weighted by atomic mass is 9.79. The first kappa shape index (κ1) is 19.8. The Bertz CT molecular complexity index is 820. The van der Waals surface area contributed by atoms with E-state index in [0.717, 1.165) is 0 Å². The number of hydrogen-bond donors (Lipinski definition) is 1. The van der Waals surface area contributed by atoms with E-state index in [-0.39, 0.29) is 22.1 Å². The van der Waals surface area contributed by atoms with Crippen LogP contribution in [0.25, 0.3) is 0 Å². The Labute approximate surface area is 155 Å². The molecule has 1 unspecified atom stereocenters. The Morgan fingerprint density at radius 1 is 1.16 bits per heavy atom. The summed E-state index contributed by atoms with van der Waals surface area (Å²) in [5.41, 5.74) is 1.00. The maximum Gasteiger partial charge on any atom is 0.244 e. The van der Waals surface area contributed by atoms with E-state index in [0.29, 0.717) is 11.4 Å². The molecule has 0 aliphatic carbocycles. The van der Waals surface area contributed by atoms with E-state index in [1.165, 1.54) is 18.7 Å². The molecule has 0 fully saturated rings. The lowest BCUT2D eigenvalue weighted by molar-refractivity contribution is 0.399. The second-order valence-corrected chi connectivity index (χ2v) is 8.89. The Balaban J connectivity index is 2.19. The molecule has 0 amide bonds. The summed E-state index contributed by atoms with van der Waals surface area (Å²) >= 11 is 5.96. The molecule has 1 N–H and O–H groups in total. The third-order valence-corrected chi connectivity index (χ3v) is 5.99. The molecule has 0 bridgehead atoms. The van der Waals surface area contributed by atoms with Gasteiger partial charge >= 0.3 is 0 Å². The molecule has 1 atom stereocenters. The fraction of sp³-hybridized carbons (Fsp3) is 0.368. The van der Waals surface area contributed by atoms with Crippen LogP contribution in [0, 0.1) is 0 Å². The Kier molecular flexibility index (Phi) is 6.14. The predicted octanol–water partition coefficient (Wildman–Crippen LogP) is 4.38. The van der Waals surface area contributed by atoms with E-state index >= 15 is 0 Å². The van der Waals surface area contributed by atoms with Crippen LogP contribution in [0.1, 0.15) is 32.8 Å². The van der Waals surface area contributed by atoms with E-state index in [9.17, 15) is 8.42 Å². The van der Waals surface area contributed by atoms with Gasteiger partial charge in [-0.15, -0.1) is 0 Å². The number of sulfonamides is 1. The highest BCUT2D eigenvalue weighted by molar-refractivity contribution is 7.89. The molecule has 0 aliphatic heterocycles. The smallest absolute Gasteiger partial charge is 0.244 e. The molecule has 0 aromatic heterocycles. The Hall–Kier alpha value is -1.56. The van der Waals surface area contributed by atoms with E-state index in [1.807, 2.05) is 25.1 Å². The van der Waals surface area contributed by atoms with Gasteiger partial charge in [0, 0.05) is 11.1 Å². The first-order valence-electron chi connectivity index (χ1n) is 8.07. The van der Waals surface area contributed by atoms with Gasteiger partial charge in [0.25, 0.3) is 0 Å². The molecular weight excluding hydrogens is 358 g/mol. The molecule has 0 aliphatic rings. The molecule has 2 rings (SSSR count). The van der Waals surface area contributed by atoms with Crippen molar-refractivity contribution in [3.8, 4) is 5.75 Å². The van der Waals surface area contributed by atoms with Crippen LogP contribution in [0.15, 0.2) is 53.4 Å². The Morgan fingerprint density at radius 2 is 1.80 bits per heavy atom. The maximum atomic E-state index is 12.7. The van der Waals surface area contributed by atoms with Crippen LogP contribution < -0.4 is 9.46 Å². The van der Waals surface area contributed by atoms with Crippen LogP contribution in [0.4, 0.5) is 0 Å². The zero-order chi connectivity index (χ0) is 18.7. The molecule has 0 spiro atoms. The topological polar surface area (TPSA) is 55.4 Å². The van der Waals surface area contributed by atoms with Crippen LogP contribution in [-0.2, 0) is 15.4 Å². The Morgan fingerprint density at radius 3 is 2.40 bits per heavy atom. The summed E-state index contributed by atoms with van der Waals surface area (Å²) in [4.78, 5) is 0.0480. The summed E-state index contributed by atoms with van der Waals surface area (Å²) in [7, 11) is -2.30. The molecule has 2 aromatic carbocycles. The second kappa shape index (κ2) is 7.77. The number of benzene rings is 2. The minimum absolute atomic E-state index is 0.0480. The standard InChI is InChI=1S/C19H24ClNO3S/c1-14(13-19(2,3)15-8-6-5-7-9-15)21-25(22,23)18-12-16(20)10-11-17(18)24-4/h5-12,14,21H,13H2,1-4H3. The SMILES string of the molecule is COc1ccc(Cl)cc1S(=O)(=O)NC(C)CC(C)(C)c1ccccc1. The second-order valence-electron chi connectivity index (χ2n) is 6.77. The van der Waals surface area contributed by atoms with Gasteiger partial charge in [0.15, 0.2) is 0 Å². The summed E-state index contributed by atoms with van der Waals surface area (Å²) in [6.07, 6.45) is 0.652. The van der Waals surface area contributed by atoms with Crippen molar-refractivity contribution in [2.75, 3.05) is 7.11 Å². The monoisotopic (exact) mass is 381 g/mol. The van der Waals surface area contributed by atoms with E-state index in [2.05, 4.69) is 30.7 Å². The number of hydrogen-bond acceptors (Lipinski definition) is 3. The van der Waals surface area contributed by atoms with Crippen LogP contribution in [-0.4, -0.2) is 21.6 Å². The number of ether oxygens (including phenoxy) is 1. The van der Waals surface area contributed by atoms with Crippen molar-refractivity contribution in [2.45, 2.75) is 43.5 Å². The highest BCUT2D eigenvalue weighted by atomic mass is 35.5. The first-order valence-corrected chi connectivity index (χ1v) is 9.93.